The zero-order valence-corrected chi connectivity index (χ0v) is 16.6. The number of ether oxygens (including phenoxy) is 2. The van der Waals surface area contributed by atoms with E-state index in [1.54, 1.807) is 26.4 Å². The molecule has 0 N–H and O–H groups in total. The van der Waals surface area contributed by atoms with Gasteiger partial charge in [-0.15, -0.1) is 0 Å². The lowest BCUT2D eigenvalue weighted by molar-refractivity contribution is 0.107. The number of carbonyl (C=O) groups excluding carboxylic acids is 1. The van der Waals surface area contributed by atoms with E-state index in [1.165, 1.54) is 0 Å². The van der Waals surface area contributed by atoms with Gasteiger partial charge in [-0.3, -0.25) is 4.79 Å². The fraction of sp³-hybridized carbons (Fsp3) is 0.174. The molecule has 0 heterocycles. The Labute approximate surface area is 161 Å². The second-order valence-electron chi connectivity index (χ2n) is 6.13. The highest BCUT2D eigenvalue weighted by atomic mass is 31.1. The molecule has 0 fully saturated rings. The van der Waals surface area contributed by atoms with Crippen molar-refractivity contribution < 1.29 is 14.3 Å². The Balaban J connectivity index is 2.13. The third kappa shape index (κ3) is 4.04. The average Bonchev–Trinajstić information content (AvgIpc) is 2.74. The van der Waals surface area contributed by atoms with Gasteiger partial charge in [0.2, 0.25) is 0 Å². The van der Waals surface area contributed by atoms with Gasteiger partial charge in [-0.1, -0.05) is 73.7 Å². The number of hydrogen-bond acceptors (Lipinski definition) is 3. The Morgan fingerprint density at radius 3 is 1.81 bits per heavy atom. The van der Waals surface area contributed by atoms with Crippen LogP contribution in [0.25, 0.3) is 0 Å². The van der Waals surface area contributed by atoms with Crippen molar-refractivity contribution in [3.8, 4) is 11.5 Å². The molecule has 138 valence electrons. The lowest BCUT2D eigenvalue weighted by Gasteiger charge is -2.25. The number of benzene rings is 3. The van der Waals surface area contributed by atoms with Gasteiger partial charge in [-0.05, 0) is 23.0 Å². The van der Waals surface area contributed by atoms with Gasteiger partial charge in [0.05, 0.1) is 14.2 Å². The van der Waals surface area contributed by atoms with Gasteiger partial charge in [-0.2, -0.15) is 0 Å². The largest absolute Gasteiger partial charge is 0.496 e. The molecule has 0 aliphatic rings. The van der Waals surface area contributed by atoms with E-state index in [9.17, 15) is 4.79 Å². The van der Waals surface area contributed by atoms with E-state index in [4.69, 9.17) is 9.47 Å². The highest BCUT2D eigenvalue weighted by Gasteiger charge is 2.32. The molecule has 0 spiro atoms. The minimum atomic E-state index is -1.17. The molecule has 0 saturated heterocycles. The molecule has 0 aromatic heterocycles. The molecule has 27 heavy (non-hydrogen) atoms. The fourth-order valence-electron chi connectivity index (χ4n) is 3.17. The zero-order chi connectivity index (χ0) is 19.2. The Kier molecular flexibility index (Phi) is 6.26. The summed E-state index contributed by atoms with van der Waals surface area (Å²) in [5.41, 5.74) is 1.78. The molecule has 1 unspecified atom stereocenters. The molecule has 4 heteroatoms. The van der Waals surface area contributed by atoms with Crippen LogP contribution in [0.1, 0.15) is 28.5 Å². The van der Waals surface area contributed by atoms with E-state index in [0.717, 1.165) is 10.9 Å². The molecule has 0 radical (unpaired) electrons. The first-order valence-electron chi connectivity index (χ1n) is 8.82. The summed E-state index contributed by atoms with van der Waals surface area (Å²) >= 11 is 0. The van der Waals surface area contributed by atoms with Crippen molar-refractivity contribution in [3.05, 3.63) is 90.0 Å². The van der Waals surface area contributed by atoms with Crippen molar-refractivity contribution in [1.82, 2.24) is 0 Å². The Bertz CT molecular complexity index is 872. The van der Waals surface area contributed by atoms with Gasteiger partial charge >= 0.3 is 0 Å². The van der Waals surface area contributed by atoms with Crippen molar-refractivity contribution >= 4 is 18.8 Å². The lowest BCUT2D eigenvalue weighted by atomic mass is 10.2. The monoisotopic (exact) mass is 378 g/mol. The molecule has 0 aliphatic carbocycles. The summed E-state index contributed by atoms with van der Waals surface area (Å²) in [7, 11) is 1.99. The third-order valence-electron chi connectivity index (χ3n) is 4.56. The predicted octanol–water partition coefficient (Wildman–Crippen LogP) is 5.41. The Morgan fingerprint density at radius 1 is 0.778 bits per heavy atom. The standard InChI is InChI=1S/C23H23O3P/c1-17(18-11-6-4-7-12-18)27(19-13-8-5-9-14-19)23(24)22-20(25-2)15-10-16-21(22)26-3/h4-17H,1-3H3/t17-,27?/m1/s1. The summed E-state index contributed by atoms with van der Waals surface area (Å²) in [5, 5.41) is 1.04. The molecule has 3 aromatic rings. The summed E-state index contributed by atoms with van der Waals surface area (Å²) in [4.78, 5) is 13.8. The van der Waals surface area contributed by atoms with Crippen LogP contribution < -0.4 is 14.8 Å². The van der Waals surface area contributed by atoms with Gasteiger partial charge in [0.15, 0.2) is 5.52 Å². The molecular formula is C23H23O3P. The van der Waals surface area contributed by atoms with Crippen LogP contribution >= 0.6 is 7.92 Å². The fourth-order valence-corrected chi connectivity index (χ4v) is 5.63. The van der Waals surface area contributed by atoms with Crippen molar-refractivity contribution in [3.63, 3.8) is 0 Å². The van der Waals surface area contributed by atoms with Gasteiger partial charge in [0, 0.05) is 13.6 Å². The Morgan fingerprint density at radius 2 is 1.30 bits per heavy atom. The number of rotatable bonds is 7. The van der Waals surface area contributed by atoms with Crippen LogP contribution in [0.2, 0.25) is 0 Å². The molecule has 3 nitrogen and oxygen atoms in total. The van der Waals surface area contributed by atoms with E-state index < -0.39 is 7.92 Å². The van der Waals surface area contributed by atoms with Crippen LogP contribution in [0.4, 0.5) is 0 Å². The molecule has 3 aromatic carbocycles. The molecule has 0 bridgehead atoms. The van der Waals surface area contributed by atoms with Gasteiger partial charge < -0.3 is 9.47 Å². The summed E-state index contributed by atoms with van der Waals surface area (Å²) in [6, 6.07) is 25.6. The highest BCUT2D eigenvalue weighted by Crippen LogP contribution is 2.54. The topological polar surface area (TPSA) is 35.5 Å². The number of carbonyl (C=O) groups is 1. The normalized spacial score (nSPS) is 12.9. The maximum atomic E-state index is 13.8. The van der Waals surface area contributed by atoms with Gasteiger partial charge in [-0.25, -0.2) is 0 Å². The summed E-state index contributed by atoms with van der Waals surface area (Å²) in [6.07, 6.45) is 0. The van der Waals surface area contributed by atoms with Crippen LogP contribution in [0.5, 0.6) is 11.5 Å². The second kappa shape index (κ2) is 8.83. The SMILES string of the molecule is COc1cccc(OC)c1C(=O)P(c1ccccc1)[C@H](C)c1ccccc1. The van der Waals surface area contributed by atoms with Gasteiger partial charge in [0.25, 0.3) is 0 Å². The molecule has 3 rings (SSSR count). The van der Waals surface area contributed by atoms with Gasteiger partial charge in [0.1, 0.15) is 17.1 Å². The minimum Gasteiger partial charge on any atom is -0.496 e. The molecule has 0 aliphatic heterocycles. The van der Waals surface area contributed by atoms with Crippen LogP contribution in [0.15, 0.2) is 78.9 Å². The van der Waals surface area contributed by atoms with Crippen molar-refractivity contribution in [2.45, 2.75) is 12.6 Å². The van der Waals surface area contributed by atoms with E-state index >= 15 is 0 Å². The quantitative estimate of drug-likeness (QED) is 0.516. The van der Waals surface area contributed by atoms with Crippen LogP contribution in [0, 0.1) is 0 Å². The first-order chi connectivity index (χ1) is 13.2. The average molecular weight is 378 g/mol. The first kappa shape index (κ1) is 19.1. The minimum absolute atomic E-state index is 0.0573. The first-order valence-corrected chi connectivity index (χ1v) is 10.2. The number of hydrogen-bond donors (Lipinski definition) is 0. The zero-order valence-electron chi connectivity index (χ0n) is 15.8. The smallest absolute Gasteiger partial charge is 0.196 e. The maximum Gasteiger partial charge on any atom is 0.196 e. The maximum absolute atomic E-state index is 13.8. The predicted molar refractivity (Wildman–Crippen MR) is 112 cm³/mol. The van der Waals surface area contributed by atoms with Crippen molar-refractivity contribution in [1.29, 1.82) is 0 Å². The van der Waals surface area contributed by atoms with E-state index in [-0.39, 0.29) is 11.2 Å². The summed E-state index contributed by atoms with van der Waals surface area (Å²) in [6.45, 7) is 2.12. The highest BCUT2D eigenvalue weighted by molar-refractivity contribution is 7.82. The summed E-state index contributed by atoms with van der Waals surface area (Å²) in [5.74, 6) is 1.09. The molecule has 0 amide bonds. The van der Waals surface area contributed by atoms with E-state index in [2.05, 4.69) is 19.1 Å². The van der Waals surface area contributed by atoms with E-state index in [1.807, 2.05) is 54.6 Å². The Hall–Kier alpha value is -2.64. The van der Waals surface area contributed by atoms with E-state index in [0.29, 0.717) is 17.1 Å². The lowest BCUT2D eigenvalue weighted by Crippen LogP contribution is -2.15. The second-order valence-corrected chi connectivity index (χ2v) is 8.57. The van der Waals surface area contributed by atoms with Crippen molar-refractivity contribution in [2.24, 2.45) is 0 Å². The van der Waals surface area contributed by atoms with Crippen LogP contribution in [-0.2, 0) is 0 Å². The number of methoxy groups -OCH3 is 2. The van der Waals surface area contributed by atoms with Crippen LogP contribution in [0.3, 0.4) is 0 Å². The van der Waals surface area contributed by atoms with Crippen LogP contribution in [-0.4, -0.2) is 19.7 Å². The molecule has 2 atom stereocenters. The van der Waals surface area contributed by atoms with Crippen molar-refractivity contribution in [2.75, 3.05) is 14.2 Å². The molecular weight excluding hydrogens is 355 g/mol. The third-order valence-corrected chi connectivity index (χ3v) is 7.15. The summed E-state index contributed by atoms with van der Waals surface area (Å²) < 4.78 is 11.0. The molecule has 0 saturated carbocycles.